The third-order valence-electron chi connectivity index (χ3n) is 33.1. The lowest BCUT2D eigenvalue weighted by Gasteiger charge is -2.36. The molecular formula is C85H142O21Si7. The molecule has 9 saturated heterocycles. The van der Waals surface area contributed by atoms with E-state index in [4.69, 9.17) is 66.3 Å². The van der Waals surface area contributed by atoms with Crippen molar-refractivity contribution in [2.45, 2.75) is 277 Å². The van der Waals surface area contributed by atoms with Crippen molar-refractivity contribution in [3.05, 3.63) is 0 Å². The first-order valence-corrected chi connectivity index (χ1v) is 55.9. The van der Waals surface area contributed by atoms with E-state index in [0.29, 0.717) is 191 Å². The zero-order valence-corrected chi connectivity index (χ0v) is 83.9. The molecule has 0 aromatic carbocycles. The summed E-state index contributed by atoms with van der Waals surface area (Å²) in [5, 5.41) is 0. The van der Waals surface area contributed by atoms with Gasteiger partial charge in [-0.15, -0.1) is 0 Å². The molecule has 14 bridgehead atoms. The summed E-state index contributed by atoms with van der Waals surface area (Å²) in [6.07, 6.45) is 35.3. The van der Waals surface area contributed by atoms with Crippen molar-refractivity contribution in [3.63, 3.8) is 0 Å². The molecule has 30 unspecified atom stereocenters. The van der Waals surface area contributed by atoms with Crippen molar-refractivity contribution in [1.82, 2.24) is 0 Å². The number of hydrogen-bond acceptors (Lipinski definition) is 21. The van der Waals surface area contributed by atoms with Crippen molar-refractivity contribution in [1.29, 1.82) is 0 Å². The Morgan fingerprint density at radius 1 is 0.354 bits per heavy atom. The van der Waals surface area contributed by atoms with Crippen molar-refractivity contribution >= 4 is 113 Å². The van der Waals surface area contributed by atoms with Gasteiger partial charge >= 0.3 is 41.8 Å². The van der Waals surface area contributed by atoms with E-state index in [1.54, 1.807) is 0 Å². The van der Waals surface area contributed by atoms with Crippen LogP contribution in [0.4, 0.5) is 0 Å². The summed E-state index contributed by atoms with van der Waals surface area (Å²) >= 11 is 0. The third kappa shape index (κ3) is 17.7. The van der Waals surface area contributed by atoms with Crippen LogP contribution >= 0.6 is 0 Å². The highest BCUT2D eigenvalue weighted by atomic mass is 28.2. The van der Waals surface area contributed by atoms with Crippen LogP contribution in [0.5, 0.6) is 0 Å². The van der Waals surface area contributed by atoms with Crippen LogP contribution in [0.3, 0.4) is 0 Å². The van der Waals surface area contributed by atoms with E-state index in [-0.39, 0.29) is 80.7 Å². The largest absolute Gasteiger partial charge is 0.465 e. The van der Waals surface area contributed by atoms with E-state index in [2.05, 4.69) is 0 Å². The average Bonchev–Trinajstić information content (AvgIpc) is 1.58. The van der Waals surface area contributed by atoms with Crippen molar-refractivity contribution in [2.24, 2.45) is 122 Å². The van der Waals surface area contributed by atoms with E-state index in [1.165, 1.54) is 224 Å². The van der Waals surface area contributed by atoms with Crippen LogP contribution < -0.4 is 0 Å². The molecule has 12 aliphatic carbocycles. The van der Waals surface area contributed by atoms with Gasteiger partial charge in [0.05, 0.1) is 130 Å². The minimum absolute atomic E-state index is 0.0101. The van der Waals surface area contributed by atoms with E-state index >= 15 is 0 Å². The molecule has 5 spiro atoms. The first-order valence-electron chi connectivity index (χ1n) is 46.3. The summed E-state index contributed by atoms with van der Waals surface area (Å²) in [6, 6.07) is 7.95. The Labute approximate surface area is 693 Å². The Morgan fingerprint density at radius 2 is 0.823 bits per heavy atom. The molecular weight excluding hydrogens is 1550 g/mol. The fraction of sp³-hybridized carbons (Fsp3) is 0.918. The van der Waals surface area contributed by atoms with E-state index in [0.717, 1.165) is 102 Å². The summed E-state index contributed by atoms with van der Waals surface area (Å²) in [7, 11) is 8.88. The summed E-state index contributed by atoms with van der Waals surface area (Å²) in [5.74, 6) is 9.12. The van der Waals surface area contributed by atoms with Crippen molar-refractivity contribution < 1.29 is 99.9 Å². The molecule has 30 atom stereocenters. The molecule has 9 heterocycles. The Hall–Kier alpha value is -2.47. The van der Waals surface area contributed by atoms with Gasteiger partial charge in [0.1, 0.15) is 6.61 Å². The molecule has 28 heteroatoms. The second-order valence-electron chi connectivity index (χ2n) is 39.8. The highest BCUT2D eigenvalue weighted by Crippen LogP contribution is 2.65. The fourth-order valence-electron chi connectivity index (χ4n) is 27.3. The summed E-state index contributed by atoms with van der Waals surface area (Å²) < 4.78 is 78.2. The monoisotopic (exact) mass is 1690 g/mol. The molecule has 0 aromatic heterocycles. The van der Waals surface area contributed by atoms with E-state index < -0.39 is 0 Å². The van der Waals surface area contributed by atoms with Gasteiger partial charge in [0.15, 0.2) is 0 Å². The maximum atomic E-state index is 12.0. The number of hydrogen-bond donors (Lipinski definition) is 0. The number of fused-ring (bicyclic) bond motifs is 25. The second-order valence-corrected chi connectivity index (χ2v) is 47.3. The van der Waals surface area contributed by atoms with Crippen LogP contribution in [0.2, 0.25) is 41.8 Å². The van der Waals surface area contributed by atoms with Crippen LogP contribution in [0, 0.1) is 122 Å². The number of ether oxygens (including phenoxy) is 14. The van der Waals surface area contributed by atoms with Crippen LogP contribution in [0.1, 0.15) is 186 Å². The zero-order valence-electron chi connectivity index (χ0n) is 69.9. The SMILES string of the molecule is O=C1CC2(CO1)CC1CC(OCCC[SiH3])C2C1.O=C1CC2(CO1)CC1CC2CC1OCCC[SiH3].O=C1CC2(CO1)CC1OC2CC1[SiH3].O=C1OCC2C3CC(CC3OCCC[SiH3])C12.O=C1OCC2C3CC(OCCC[SiH3])C(C3)C12.O=C1OCCC12CC1CC(OCCC[SiH3])C2C1.O=C1OCCC12CC1CC2CC1OCCC[SiH3]. The molecule has 21 rings (SSSR count). The Balaban J connectivity index is 0.000000104. The number of cyclic esters (lactones) is 7. The minimum atomic E-state index is -0.144. The van der Waals surface area contributed by atoms with Gasteiger partial charge in [0, 0.05) is 145 Å². The van der Waals surface area contributed by atoms with Crippen molar-refractivity contribution in [2.75, 3.05) is 85.9 Å². The lowest BCUT2D eigenvalue weighted by molar-refractivity contribution is -0.152. The minimum Gasteiger partial charge on any atom is -0.465 e. The van der Waals surface area contributed by atoms with E-state index in [9.17, 15) is 33.6 Å². The molecule has 636 valence electrons. The molecule has 21 nitrogen and oxygen atoms in total. The summed E-state index contributed by atoms with van der Waals surface area (Å²) in [6.45, 7) is 10.1. The van der Waals surface area contributed by atoms with Gasteiger partial charge in [-0.2, -0.15) is 0 Å². The van der Waals surface area contributed by atoms with Gasteiger partial charge in [0.2, 0.25) is 0 Å². The fourth-order valence-corrected chi connectivity index (χ4v) is 29.8. The predicted molar refractivity (Wildman–Crippen MR) is 448 cm³/mol. The zero-order chi connectivity index (χ0) is 78.8. The van der Waals surface area contributed by atoms with Gasteiger partial charge in [-0.3, -0.25) is 33.6 Å². The molecule has 0 aromatic rings. The lowest BCUT2D eigenvalue weighted by atomic mass is 9.71. The Bertz CT molecular complexity index is 3310. The van der Waals surface area contributed by atoms with Gasteiger partial charge in [0.25, 0.3) is 0 Å². The van der Waals surface area contributed by atoms with Crippen LogP contribution in [0.15, 0.2) is 0 Å². The van der Waals surface area contributed by atoms with Gasteiger partial charge < -0.3 is 66.3 Å². The van der Waals surface area contributed by atoms with Crippen LogP contribution in [-0.2, 0) is 99.9 Å². The van der Waals surface area contributed by atoms with Gasteiger partial charge in [-0.1, -0.05) is 36.3 Å². The quantitative estimate of drug-likeness (QED) is 0.0573. The van der Waals surface area contributed by atoms with Crippen LogP contribution in [-0.4, -0.2) is 248 Å². The maximum Gasteiger partial charge on any atom is 0.312 e. The Morgan fingerprint density at radius 3 is 1.31 bits per heavy atom. The molecule has 113 heavy (non-hydrogen) atoms. The summed E-state index contributed by atoms with van der Waals surface area (Å²) in [5.41, 5.74) is 1.02. The lowest BCUT2D eigenvalue weighted by Crippen LogP contribution is -2.40. The third-order valence-corrected chi connectivity index (χ3v) is 38.6. The average molecular weight is 1700 g/mol. The number of esters is 7. The van der Waals surface area contributed by atoms with Crippen molar-refractivity contribution in [3.8, 4) is 0 Å². The topological polar surface area (TPSA) is 249 Å². The smallest absolute Gasteiger partial charge is 0.312 e. The molecule has 0 radical (unpaired) electrons. The van der Waals surface area contributed by atoms with E-state index in [1.807, 2.05) is 0 Å². The molecule has 9 aliphatic heterocycles. The molecule has 21 aliphatic rings. The molecule has 0 N–H and O–H groups in total. The maximum absolute atomic E-state index is 12.0. The predicted octanol–water partition coefficient (Wildman–Crippen LogP) is 4.02. The number of rotatable bonds is 24. The highest BCUT2D eigenvalue weighted by Gasteiger charge is 2.67. The number of carbonyl (C=O) groups is 7. The highest BCUT2D eigenvalue weighted by molar-refractivity contribution is 6.12. The van der Waals surface area contributed by atoms with Gasteiger partial charge in [-0.25, -0.2) is 0 Å². The first-order chi connectivity index (χ1) is 54.8. The first kappa shape index (κ1) is 85.5. The van der Waals surface area contributed by atoms with Crippen LogP contribution in [0.25, 0.3) is 0 Å². The summed E-state index contributed by atoms with van der Waals surface area (Å²) in [4.78, 5) is 80.9. The molecule has 21 fully saturated rings. The molecule has 12 saturated carbocycles. The number of carbonyl (C=O) groups excluding carboxylic acids is 7. The van der Waals surface area contributed by atoms with Gasteiger partial charge in [-0.05, 0) is 238 Å². The molecule has 0 amide bonds. The normalized spacial score (nSPS) is 45.2. The second kappa shape index (κ2) is 37.5. The standard InChI is InChI=1S/4C13H22O3Si.2C12H20O3Si.C9H14O3Si/c14-12-13(2-4-16-12)8-9-6-10(13)7-11(9)15-3-1-5-17;14-12-13(2-4-16-12)8-9-6-10(13)11(7-9)15-3-1-5-17;14-12-7-13(8-16-12)6-9-4-10(13)5-11(9)15-2-1-3-17;14-12-7-13(8-16-12)6-9-4-10(13)11(5-9)15-2-1-3-17;13-12-11-7-4-8(9(11)6-15-12)10(5-7)14-2-1-3-16;13-12-11-8-4-7(9(11)6-15-12)5-10(8)14-2-1-3-16;10-8-3-9(4-11-8)2-5-6(13)1-7(9)12-5/h4*9-11H,1-8H2,17H3;2*7-11H,1-6H2,16H3;5-7H,1-4H2,13H3. The Kier molecular flexibility index (Phi) is 28.4.